The van der Waals surface area contributed by atoms with Crippen LogP contribution in [0.4, 0.5) is 0 Å². The Morgan fingerprint density at radius 3 is 2.58 bits per heavy atom. The average molecular weight is 541 g/mol. The minimum Gasteiger partial charge on any atom is -0.368 e. The molecule has 0 saturated carbocycles. The second kappa shape index (κ2) is 12.0. The second-order valence-corrected chi connectivity index (χ2v) is 8.34. The molecule has 2 fully saturated rings. The number of aliphatic imine (C=N–C) groups is 1. The Balaban J connectivity index is 0.00000272. The van der Waals surface area contributed by atoms with Gasteiger partial charge in [0.2, 0.25) is 0 Å². The highest BCUT2D eigenvalue weighted by Gasteiger charge is 2.30. The smallest absolute Gasteiger partial charge is 0.251 e. The molecule has 2 saturated heterocycles. The highest BCUT2D eigenvalue weighted by Crippen LogP contribution is 2.18. The summed E-state index contributed by atoms with van der Waals surface area (Å²) in [6, 6.07) is 8.76. The Morgan fingerprint density at radius 2 is 1.87 bits per heavy atom. The van der Waals surface area contributed by atoms with Gasteiger partial charge in [0.05, 0.1) is 6.54 Å². The summed E-state index contributed by atoms with van der Waals surface area (Å²) in [5.41, 5.74) is 2.94. The highest BCUT2D eigenvalue weighted by atomic mass is 127. The van der Waals surface area contributed by atoms with Gasteiger partial charge >= 0.3 is 0 Å². The first kappa shape index (κ1) is 24.3. The molecular formula is C23H36IN5O2. The molecule has 0 bridgehead atoms. The number of amides is 1. The number of guanidine groups is 1. The van der Waals surface area contributed by atoms with E-state index in [-0.39, 0.29) is 36.0 Å². The number of benzene rings is 1. The van der Waals surface area contributed by atoms with Crippen molar-refractivity contribution in [1.82, 2.24) is 20.0 Å². The lowest BCUT2D eigenvalue weighted by molar-refractivity contribution is -0.142. The number of hydrogen-bond donors (Lipinski definition) is 1. The van der Waals surface area contributed by atoms with E-state index in [1.807, 2.05) is 4.90 Å². The molecule has 1 unspecified atom stereocenters. The van der Waals surface area contributed by atoms with Crippen LogP contribution in [0.1, 0.15) is 30.9 Å². The molecule has 3 aliphatic rings. The molecule has 0 aliphatic carbocycles. The van der Waals surface area contributed by atoms with E-state index in [9.17, 15) is 4.79 Å². The molecule has 31 heavy (non-hydrogen) atoms. The maximum Gasteiger partial charge on any atom is 0.251 e. The molecule has 1 aromatic rings. The summed E-state index contributed by atoms with van der Waals surface area (Å²) < 4.78 is 5.57. The van der Waals surface area contributed by atoms with Crippen LogP contribution in [0.2, 0.25) is 0 Å². The minimum atomic E-state index is -0.215. The van der Waals surface area contributed by atoms with Gasteiger partial charge in [0.15, 0.2) is 5.96 Å². The van der Waals surface area contributed by atoms with E-state index in [0.717, 1.165) is 90.7 Å². The zero-order valence-corrected chi connectivity index (χ0v) is 20.9. The Labute approximate surface area is 203 Å². The number of nitrogens with zero attached hydrogens (tertiary/aromatic N) is 4. The van der Waals surface area contributed by atoms with Gasteiger partial charge in [0.25, 0.3) is 5.91 Å². The Kier molecular flexibility index (Phi) is 9.40. The number of ether oxygens (including phenoxy) is 1. The molecule has 0 spiro atoms. The summed E-state index contributed by atoms with van der Waals surface area (Å²) in [5.74, 6) is 1.14. The molecule has 4 rings (SSSR count). The summed E-state index contributed by atoms with van der Waals surface area (Å²) in [6.07, 6.45) is 2.77. The first-order valence-electron chi connectivity index (χ1n) is 11.5. The van der Waals surface area contributed by atoms with Crippen molar-refractivity contribution >= 4 is 35.8 Å². The lowest BCUT2D eigenvalue weighted by Gasteiger charge is -2.37. The standard InChI is InChI=1S/C23H35N5O2.HI/c1-2-24-23(25-10-12-26-11-9-19-6-3-4-7-20(19)18-26)28-15-13-27(14-16-28)22(29)21-8-5-17-30-21;/h3-4,6-7,21H,2,5,8-18H2,1H3,(H,24,25);1H. The first-order valence-corrected chi connectivity index (χ1v) is 11.5. The van der Waals surface area contributed by atoms with Gasteiger partial charge in [-0.2, -0.15) is 0 Å². The third-order valence-corrected chi connectivity index (χ3v) is 6.32. The summed E-state index contributed by atoms with van der Waals surface area (Å²) in [6.45, 7) is 10.7. The largest absolute Gasteiger partial charge is 0.368 e. The van der Waals surface area contributed by atoms with E-state index in [4.69, 9.17) is 9.73 Å². The van der Waals surface area contributed by atoms with Crippen molar-refractivity contribution in [3.05, 3.63) is 35.4 Å². The van der Waals surface area contributed by atoms with Crippen LogP contribution in [-0.2, 0) is 22.5 Å². The van der Waals surface area contributed by atoms with E-state index in [2.05, 4.69) is 46.3 Å². The van der Waals surface area contributed by atoms with Crippen LogP contribution >= 0.6 is 24.0 Å². The Hall–Kier alpha value is -1.39. The van der Waals surface area contributed by atoms with Crippen molar-refractivity contribution in [3.63, 3.8) is 0 Å². The molecule has 1 aromatic carbocycles. The minimum absolute atomic E-state index is 0. The topological polar surface area (TPSA) is 60.4 Å². The van der Waals surface area contributed by atoms with Gasteiger partial charge in [-0.3, -0.25) is 14.7 Å². The van der Waals surface area contributed by atoms with E-state index in [1.54, 1.807) is 0 Å². The lowest BCUT2D eigenvalue weighted by Crippen LogP contribution is -2.55. The number of halogens is 1. The molecule has 8 heteroatoms. The highest BCUT2D eigenvalue weighted by molar-refractivity contribution is 14.0. The van der Waals surface area contributed by atoms with E-state index in [0.29, 0.717) is 0 Å². The third-order valence-electron chi connectivity index (χ3n) is 6.32. The number of carbonyl (C=O) groups is 1. The number of carbonyl (C=O) groups excluding carboxylic acids is 1. The third kappa shape index (κ3) is 6.32. The van der Waals surface area contributed by atoms with Crippen LogP contribution in [0.3, 0.4) is 0 Å². The fourth-order valence-electron chi connectivity index (χ4n) is 4.58. The van der Waals surface area contributed by atoms with Crippen molar-refractivity contribution in [3.8, 4) is 0 Å². The van der Waals surface area contributed by atoms with Gasteiger partial charge in [-0.25, -0.2) is 0 Å². The maximum absolute atomic E-state index is 12.6. The SMILES string of the molecule is CCNC(=NCCN1CCc2ccccc2C1)N1CCN(C(=O)C2CCCO2)CC1.I. The van der Waals surface area contributed by atoms with Crippen molar-refractivity contribution in [2.24, 2.45) is 4.99 Å². The van der Waals surface area contributed by atoms with E-state index < -0.39 is 0 Å². The molecule has 172 valence electrons. The van der Waals surface area contributed by atoms with Crippen LogP contribution in [-0.4, -0.2) is 91.6 Å². The molecule has 0 radical (unpaired) electrons. The quantitative estimate of drug-likeness (QED) is 0.351. The van der Waals surface area contributed by atoms with Crippen LogP contribution in [0.5, 0.6) is 0 Å². The van der Waals surface area contributed by atoms with Crippen molar-refractivity contribution < 1.29 is 9.53 Å². The summed E-state index contributed by atoms with van der Waals surface area (Å²) >= 11 is 0. The van der Waals surface area contributed by atoms with Crippen LogP contribution in [0, 0.1) is 0 Å². The van der Waals surface area contributed by atoms with Gasteiger partial charge in [0, 0.05) is 59.0 Å². The van der Waals surface area contributed by atoms with Crippen molar-refractivity contribution in [1.29, 1.82) is 0 Å². The Morgan fingerprint density at radius 1 is 1.13 bits per heavy atom. The summed E-state index contributed by atoms with van der Waals surface area (Å²) in [4.78, 5) is 24.2. The average Bonchev–Trinajstić information content (AvgIpc) is 3.33. The van der Waals surface area contributed by atoms with Crippen LogP contribution in [0.25, 0.3) is 0 Å². The number of nitrogens with one attached hydrogen (secondary N) is 1. The van der Waals surface area contributed by atoms with Gasteiger partial charge in [-0.15, -0.1) is 24.0 Å². The molecule has 7 nitrogen and oxygen atoms in total. The molecule has 1 N–H and O–H groups in total. The van der Waals surface area contributed by atoms with Gasteiger partial charge in [-0.1, -0.05) is 24.3 Å². The zero-order chi connectivity index (χ0) is 20.8. The van der Waals surface area contributed by atoms with Crippen LogP contribution in [0.15, 0.2) is 29.3 Å². The van der Waals surface area contributed by atoms with Gasteiger partial charge < -0.3 is 19.9 Å². The van der Waals surface area contributed by atoms with Gasteiger partial charge in [-0.05, 0) is 37.3 Å². The molecule has 3 aliphatic heterocycles. The van der Waals surface area contributed by atoms with Gasteiger partial charge in [0.1, 0.15) is 6.10 Å². The van der Waals surface area contributed by atoms with Crippen molar-refractivity contribution in [2.75, 3.05) is 59.0 Å². The molecule has 3 heterocycles. The maximum atomic E-state index is 12.6. The predicted molar refractivity (Wildman–Crippen MR) is 134 cm³/mol. The van der Waals surface area contributed by atoms with Crippen molar-refractivity contribution in [2.45, 2.75) is 38.8 Å². The summed E-state index contributed by atoms with van der Waals surface area (Å²) in [7, 11) is 0. The molecular weight excluding hydrogens is 505 g/mol. The number of piperazine rings is 1. The van der Waals surface area contributed by atoms with E-state index >= 15 is 0 Å². The predicted octanol–water partition coefficient (Wildman–Crippen LogP) is 1.95. The fourth-order valence-corrected chi connectivity index (χ4v) is 4.58. The molecule has 1 atom stereocenters. The molecule has 0 aromatic heterocycles. The number of hydrogen-bond acceptors (Lipinski definition) is 4. The normalized spacial score (nSPS) is 22.1. The monoisotopic (exact) mass is 541 g/mol. The zero-order valence-electron chi connectivity index (χ0n) is 18.6. The second-order valence-electron chi connectivity index (χ2n) is 8.34. The van der Waals surface area contributed by atoms with Crippen LogP contribution < -0.4 is 5.32 Å². The number of fused-ring (bicyclic) bond motifs is 1. The number of rotatable bonds is 5. The first-order chi connectivity index (χ1) is 14.7. The summed E-state index contributed by atoms with van der Waals surface area (Å²) in [5, 5.41) is 3.43. The lowest BCUT2D eigenvalue weighted by atomic mass is 10.00. The van der Waals surface area contributed by atoms with E-state index in [1.165, 1.54) is 11.1 Å². The fraction of sp³-hybridized carbons (Fsp3) is 0.652. The molecule has 1 amide bonds. The Bertz CT molecular complexity index is 745.